The Balaban J connectivity index is 1.41. The van der Waals surface area contributed by atoms with E-state index < -0.39 is 0 Å². The highest BCUT2D eigenvalue weighted by atomic mass is 32.2. The predicted molar refractivity (Wildman–Crippen MR) is 132 cm³/mol. The van der Waals surface area contributed by atoms with Gasteiger partial charge >= 0.3 is 0 Å². The normalized spacial score (nSPS) is 11.3. The van der Waals surface area contributed by atoms with Gasteiger partial charge in [-0.25, -0.2) is 0 Å². The number of benzene rings is 4. The fourth-order valence-electron chi connectivity index (χ4n) is 3.09. The molecule has 3 heteroatoms. The van der Waals surface area contributed by atoms with Gasteiger partial charge in [-0.2, -0.15) is 0 Å². The second-order valence-electron chi connectivity index (χ2n) is 7.07. The summed E-state index contributed by atoms with van der Waals surface area (Å²) < 4.78 is 0. The Morgan fingerprint density at radius 3 is 1.39 bits per heavy atom. The van der Waals surface area contributed by atoms with Crippen molar-refractivity contribution in [2.75, 3.05) is 0 Å². The van der Waals surface area contributed by atoms with Crippen molar-refractivity contribution >= 4 is 34.9 Å². The van der Waals surface area contributed by atoms with Crippen molar-refractivity contribution in [2.45, 2.75) is 26.5 Å². The fraction of sp³-hybridized carbons (Fsp3) is 0.0357. The molecule has 0 aliphatic heterocycles. The van der Waals surface area contributed by atoms with E-state index in [1.807, 2.05) is 67.6 Å². The smallest absolute Gasteiger partial charge is 0.186 e. The fourth-order valence-corrected chi connectivity index (χ4v) is 4.76. The van der Waals surface area contributed by atoms with Gasteiger partial charge in [0.1, 0.15) is 0 Å². The second kappa shape index (κ2) is 10.3. The molecular weight excluding hydrogens is 416 g/mol. The van der Waals surface area contributed by atoms with Crippen LogP contribution in [0, 0.1) is 0 Å². The van der Waals surface area contributed by atoms with Crippen molar-refractivity contribution in [1.82, 2.24) is 0 Å². The van der Waals surface area contributed by atoms with Gasteiger partial charge in [-0.15, -0.1) is 0 Å². The number of carbonyl (C=O) groups excluding carboxylic acids is 1. The van der Waals surface area contributed by atoms with Crippen molar-refractivity contribution in [2.24, 2.45) is 0 Å². The SMILES string of the molecule is C/C(=C\C(=O)c1ccc(Sc2ccccc2)cc1)c1ccc(Sc2ccccc2)cc1. The monoisotopic (exact) mass is 438 g/mol. The second-order valence-corrected chi connectivity index (χ2v) is 9.36. The van der Waals surface area contributed by atoms with Crippen molar-refractivity contribution in [3.63, 3.8) is 0 Å². The third kappa shape index (κ3) is 6.00. The molecule has 0 spiro atoms. The molecule has 4 aromatic carbocycles. The molecular formula is C28H22OS2. The lowest BCUT2D eigenvalue weighted by molar-refractivity contribution is 0.104. The van der Waals surface area contributed by atoms with Crippen LogP contribution in [-0.4, -0.2) is 5.78 Å². The van der Waals surface area contributed by atoms with Gasteiger partial charge < -0.3 is 0 Å². The third-order valence-electron chi connectivity index (χ3n) is 4.75. The average molecular weight is 439 g/mol. The maximum absolute atomic E-state index is 12.7. The van der Waals surface area contributed by atoms with Gasteiger partial charge in [0.05, 0.1) is 0 Å². The van der Waals surface area contributed by atoms with Crippen molar-refractivity contribution in [3.05, 3.63) is 126 Å². The average Bonchev–Trinajstić information content (AvgIpc) is 2.81. The zero-order valence-electron chi connectivity index (χ0n) is 17.2. The number of allylic oxidation sites excluding steroid dienone is 2. The number of rotatable bonds is 7. The molecule has 0 radical (unpaired) electrons. The molecule has 0 unspecified atom stereocenters. The Labute approximate surface area is 192 Å². The summed E-state index contributed by atoms with van der Waals surface area (Å²) in [7, 11) is 0. The van der Waals surface area contributed by atoms with Gasteiger partial charge in [-0.1, -0.05) is 72.1 Å². The minimum atomic E-state index is 0.0245. The molecule has 0 atom stereocenters. The minimum absolute atomic E-state index is 0.0245. The summed E-state index contributed by atoms with van der Waals surface area (Å²) in [5.41, 5.74) is 2.72. The first-order chi connectivity index (χ1) is 15.2. The molecule has 0 aromatic heterocycles. The van der Waals surface area contributed by atoms with E-state index in [-0.39, 0.29) is 5.78 Å². The van der Waals surface area contributed by atoms with E-state index in [9.17, 15) is 4.79 Å². The lowest BCUT2D eigenvalue weighted by atomic mass is 10.0. The Bertz CT molecular complexity index is 1160. The van der Waals surface area contributed by atoms with Gasteiger partial charge in [0.15, 0.2) is 5.78 Å². The predicted octanol–water partition coefficient (Wildman–Crippen LogP) is 8.28. The zero-order chi connectivity index (χ0) is 21.5. The number of hydrogen-bond donors (Lipinski definition) is 0. The maximum atomic E-state index is 12.7. The summed E-state index contributed by atoms with van der Waals surface area (Å²) in [6.45, 7) is 1.98. The first kappa shape index (κ1) is 21.2. The molecule has 31 heavy (non-hydrogen) atoms. The van der Waals surface area contributed by atoms with Gasteiger partial charge in [-0.05, 0) is 84.8 Å². The molecule has 0 amide bonds. The van der Waals surface area contributed by atoms with Gasteiger partial charge in [0.25, 0.3) is 0 Å². The Morgan fingerprint density at radius 2 is 0.935 bits per heavy atom. The molecule has 152 valence electrons. The molecule has 0 saturated heterocycles. The summed E-state index contributed by atoms with van der Waals surface area (Å²) in [5, 5.41) is 0. The molecule has 4 aromatic rings. The zero-order valence-corrected chi connectivity index (χ0v) is 18.8. The molecule has 1 nitrogen and oxygen atoms in total. The van der Waals surface area contributed by atoms with Crippen LogP contribution in [0.25, 0.3) is 5.57 Å². The third-order valence-corrected chi connectivity index (χ3v) is 6.79. The molecule has 0 fully saturated rings. The topological polar surface area (TPSA) is 17.1 Å². The lowest BCUT2D eigenvalue weighted by Gasteiger charge is -2.06. The lowest BCUT2D eigenvalue weighted by Crippen LogP contribution is -1.95. The summed E-state index contributed by atoms with van der Waals surface area (Å²) in [6, 6.07) is 36.7. The standard InChI is InChI=1S/C28H22OS2/c1-21(22-12-16-26(17-13-22)30-24-8-4-2-5-9-24)20-28(29)23-14-18-27(19-15-23)31-25-10-6-3-7-11-25/h2-20H,1H3/b21-20+. The molecule has 0 heterocycles. The molecule has 0 N–H and O–H groups in total. The minimum Gasteiger partial charge on any atom is -0.289 e. The van der Waals surface area contributed by atoms with E-state index in [0.717, 1.165) is 16.0 Å². The Hall–Kier alpha value is -3.01. The molecule has 0 saturated carbocycles. The van der Waals surface area contributed by atoms with E-state index in [1.165, 1.54) is 14.7 Å². The summed E-state index contributed by atoms with van der Waals surface area (Å²) in [4.78, 5) is 17.4. The quantitative estimate of drug-likeness (QED) is 0.213. The molecule has 0 bridgehead atoms. The van der Waals surface area contributed by atoms with Crippen LogP contribution in [0.15, 0.2) is 135 Å². The molecule has 4 rings (SSSR count). The highest BCUT2D eigenvalue weighted by Gasteiger charge is 2.06. The van der Waals surface area contributed by atoms with Crippen LogP contribution < -0.4 is 0 Å². The summed E-state index contributed by atoms with van der Waals surface area (Å²) in [5.74, 6) is 0.0245. The molecule has 0 aliphatic carbocycles. The van der Waals surface area contributed by atoms with Crippen LogP contribution in [0.2, 0.25) is 0 Å². The first-order valence-electron chi connectivity index (χ1n) is 10.1. The van der Waals surface area contributed by atoms with Crippen LogP contribution in [0.1, 0.15) is 22.8 Å². The van der Waals surface area contributed by atoms with Gasteiger partial charge in [-0.3, -0.25) is 4.79 Å². The Morgan fingerprint density at radius 1 is 0.548 bits per heavy atom. The van der Waals surface area contributed by atoms with E-state index in [0.29, 0.717) is 5.56 Å². The van der Waals surface area contributed by atoms with E-state index in [4.69, 9.17) is 0 Å². The van der Waals surface area contributed by atoms with E-state index in [1.54, 1.807) is 29.6 Å². The Kier molecular flexibility index (Phi) is 7.08. The van der Waals surface area contributed by atoms with Crippen LogP contribution in [0.5, 0.6) is 0 Å². The van der Waals surface area contributed by atoms with Crippen molar-refractivity contribution in [3.8, 4) is 0 Å². The highest BCUT2D eigenvalue weighted by Crippen LogP contribution is 2.29. The van der Waals surface area contributed by atoms with Gasteiger partial charge in [0, 0.05) is 25.1 Å². The number of ketones is 1. The summed E-state index contributed by atoms with van der Waals surface area (Å²) in [6.07, 6.45) is 1.72. The number of carbonyl (C=O) groups is 1. The highest BCUT2D eigenvalue weighted by molar-refractivity contribution is 7.99. The van der Waals surface area contributed by atoms with Crippen molar-refractivity contribution < 1.29 is 4.79 Å². The first-order valence-corrected chi connectivity index (χ1v) is 11.7. The number of hydrogen-bond acceptors (Lipinski definition) is 3. The molecule has 0 aliphatic rings. The maximum Gasteiger partial charge on any atom is 0.186 e. The van der Waals surface area contributed by atoms with Crippen LogP contribution >= 0.6 is 23.5 Å². The van der Waals surface area contributed by atoms with Gasteiger partial charge in [0.2, 0.25) is 0 Å². The van der Waals surface area contributed by atoms with E-state index in [2.05, 4.69) is 48.5 Å². The van der Waals surface area contributed by atoms with Crippen molar-refractivity contribution in [1.29, 1.82) is 0 Å². The van der Waals surface area contributed by atoms with Crippen LogP contribution in [0.3, 0.4) is 0 Å². The van der Waals surface area contributed by atoms with Crippen LogP contribution in [0.4, 0.5) is 0 Å². The largest absolute Gasteiger partial charge is 0.289 e. The van der Waals surface area contributed by atoms with Crippen LogP contribution in [-0.2, 0) is 0 Å². The van der Waals surface area contributed by atoms with E-state index >= 15 is 0 Å². The summed E-state index contributed by atoms with van der Waals surface area (Å²) >= 11 is 3.42.